The highest BCUT2D eigenvalue weighted by Gasteiger charge is 2.45. The molecule has 0 aliphatic heterocycles. The highest BCUT2D eigenvalue weighted by Crippen LogP contribution is 2.46. The normalized spacial score (nSPS) is 14.1. The maximum absolute atomic E-state index is 12.9. The molecular formula is C24H21F3N4O3. The molecule has 10 heteroatoms. The molecule has 4 rings (SSSR count). The van der Waals surface area contributed by atoms with Crippen LogP contribution in [0.1, 0.15) is 34.5 Å². The molecule has 0 saturated heterocycles. The Morgan fingerprint density at radius 1 is 1.00 bits per heavy atom. The van der Waals surface area contributed by atoms with Crippen molar-refractivity contribution in [2.45, 2.75) is 24.6 Å². The van der Waals surface area contributed by atoms with Gasteiger partial charge in [-0.25, -0.2) is 4.79 Å². The molecule has 0 unspecified atom stereocenters. The van der Waals surface area contributed by atoms with Crippen molar-refractivity contribution in [1.29, 1.82) is 0 Å². The highest BCUT2D eigenvalue weighted by atomic mass is 19.4. The molecule has 0 bridgehead atoms. The van der Waals surface area contributed by atoms with Crippen LogP contribution in [0.2, 0.25) is 0 Å². The van der Waals surface area contributed by atoms with Gasteiger partial charge in [0.2, 0.25) is 0 Å². The number of halogens is 3. The maximum Gasteiger partial charge on any atom is 0.416 e. The molecule has 0 atom stereocenters. The second-order valence-corrected chi connectivity index (χ2v) is 7.82. The molecule has 3 amide bonds. The van der Waals surface area contributed by atoms with Gasteiger partial charge in [0.1, 0.15) is 17.2 Å². The van der Waals surface area contributed by atoms with Crippen LogP contribution in [-0.2, 0) is 11.7 Å². The molecule has 3 N–H and O–H groups in total. The lowest BCUT2D eigenvalue weighted by Gasteiger charge is -2.19. The van der Waals surface area contributed by atoms with Crippen LogP contribution in [0.4, 0.5) is 23.7 Å². The third kappa shape index (κ3) is 5.28. The molecule has 1 aliphatic carbocycles. The number of carbonyl (C=O) groups excluding carboxylic acids is 2. The third-order valence-corrected chi connectivity index (χ3v) is 5.38. The minimum absolute atomic E-state index is 0.0559. The number of nitrogens with one attached hydrogen (secondary N) is 3. The molecular weight excluding hydrogens is 449 g/mol. The third-order valence-electron chi connectivity index (χ3n) is 5.38. The van der Waals surface area contributed by atoms with Gasteiger partial charge in [-0.2, -0.15) is 13.2 Å². The summed E-state index contributed by atoms with van der Waals surface area (Å²) in [5, 5.41) is 7.83. The molecule has 176 valence electrons. The van der Waals surface area contributed by atoms with Crippen molar-refractivity contribution >= 4 is 17.6 Å². The Bertz CT molecular complexity index is 1210. The van der Waals surface area contributed by atoms with Crippen molar-refractivity contribution in [3.8, 4) is 11.5 Å². The molecule has 7 nitrogen and oxygen atoms in total. The van der Waals surface area contributed by atoms with Crippen LogP contribution in [0.15, 0.2) is 66.9 Å². The van der Waals surface area contributed by atoms with Crippen molar-refractivity contribution in [3.63, 3.8) is 0 Å². The second-order valence-electron chi connectivity index (χ2n) is 7.82. The Kier molecular flexibility index (Phi) is 6.14. The van der Waals surface area contributed by atoms with Crippen LogP contribution in [0, 0.1) is 0 Å². The van der Waals surface area contributed by atoms with E-state index >= 15 is 0 Å². The van der Waals surface area contributed by atoms with Crippen LogP contribution in [0.5, 0.6) is 11.5 Å². The number of urea groups is 1. The molecule has 1 saturated carbocycles. The van der Waals surface area contributed by atoms with Crippen LogP contribution in [0.3, 0.4) is 0 Å². The largest absolute Gasteiger partial charge is 0.457 e. The molecule has 1 aromatic heterocycles. The number of amides is 3. The summed E-state index contributed by atoms with van der Waals surface area (Å²) in [6.07, 6.45) is -1.62. The minimum Gasteiger partial charge on any atom is -0.457 e. The summed E-state index contributed by atoms with van der Waals surface area (Å²) in [5.74, 6) is 0.647. The average molecular weight is 470 g/mol. The first-order valence-corrected chi connectivity index (χ1v) is 10.4. The first-order valence-electron chi connectivity index (χ1n) is 10.4. The van der Waals surface area contributed by atoms with Crippen molar-refractivity contribution in [3.05, 3.63) is 83.7 Å². The molecule has 1 heterocycles. The number of hydrogen-bond acceptors (Lipinski definition) is 4. The van der Waals surface area contributed by atoms with Crippen molar-refractivity contribution < 1.29 is 27.5 Å². The summed E-state index contributed by atoms with van der Waals surface area (Å²) < 4.78 is 44.5. The number of hydrogen-bond donors (Lipinski definition) is 3. The Hall–Kier alpha value is -4.08. The van der Waals surface area contributed by atoms with Gasteiger partial charge in [0.05, 0.1) is 11.1 Å². The molecule has 1 aliphatic rings. The lowest BCUT2D eigenvalue weighted by atomic mass is 10.0. The van der Waals surface area contributed by atoms with Gasteiger partial charge in [-0.15, -0.1) is 0 Å². The molecule has 3 aromatic rings. The summed E-state index contributed by atoms with van der Waals surface area (Å²) in [6.45, 7) is 0. The zero-order chi connectivity index (χ0) is 24.3. The van der Waals surface area contributed by atoms with E-state index in [9.17, 15) is 22.8 Å². The summed E-state index contributed by atoms with van der Waals surface area (Å²) >= 11 is 0. The number of pyridine rings is 1. The van der Waals surface area contributed by atoms with Gasteiger partial charge in [-0.05, 0) is 54.8 Å². The smallest absolute Gasteiger partial charge is 0.416 e. The van der Waals surface area contributed by atoms with E-state index in [1.54, 1.807) is 18.2 Å². The van der Waals surface area contributed by atoms with Gasteiger partial charge >= 0.3 is 12.2 Å². The SMILES string of the molecule is CNC(=O)c1cc(Oc2ccc(C3(NC(=O)Nc4cccc(C(F)(F)F)c4)CC3)cc2)ccn1. The van der Waals surface area contributed by atoms with Crippen molar-refractivity contribution in [2.24, 2.45) is 0 Å². The number of anilines is 1. The Morgan fingerprint density at radius 2 is 1.74 bits per heavy atom. The Balaban J connectivity index is 1.40. The van der Waals surface area contributed by atoms with Crippen LogP contribution in [-0.4, -0.2) is 24.0 Å². The highest BCUT2D eigenvalue weighted by molar-refractivity contribution is 5.92. The van der Waals surface area contributed by atoms with Crippen molar-refractivity contribution in [2.75, 3.05) is 12.4 Å². The maximum atomic E-state index is 12.9. The lowest BCUT2D eigenvalue weighted by molar-refractivity contribution is -0.137. The Labute approximate surface area is 193 Å². The fourth-order valence-electron chi connectivity index (χ4n) is 3.47. The molecule has 2 aromatic carbocycles. The number of benzene rings is 2. The minimum atomic E-state index is -4.49. The predicted octanol–water partition coefficient (Wildman–Crippen LogP) is 5.06. The van der Waals surface area contributed by atoms with Crippen LogP contribution >= 0.6 is 0 Å². The van der Waals surface area contributed by atoms with E-state index in [0.29, 0.717) is 24.3 Å². The lowest BCUT2D eigenvalue weighted by Crippen LogP contribution is -2.38. The van der Waals surface area contributed by atoms with Gasteiger partial charge in [0.25, 0.3) is 5.91 Å². The molecule has 0 radical (unpaired) electrons. The van der Waals surface area contributed by atoms with Crippen LogP contribution < -0.4 is 20.7 Å². The number of aromatic nitrogens is 1. The zero-order valence-corrected chi connectivity index (χ0v) is 18.1. The summed E-state index contributed by atoms with van der Waals surface area (Å²) in [7, 11) is 1.51. The first kappa shape index (κ1) is 23.1. The fourth-order valence-corrected chi connectivity index (χ4v) is 3.47. The monoisotopic (exact) mass is 470 g/mol. The quantitative estimate of drug-likeness (QED) is 0.469. The number of carbonyl (C=O) groups is 2. The van der Waals surface area contributed by atoms with Gasteiger partial charge < -0.3 is 20.7 Å². The van der Waals surface area contributed by atoms with E-state index in [4.69, 9.17) is 4.74 Å². The van der Waals surface area contributed by atoms with E-state index in [1.807, 2.05) is 12.1 Å². The fraction of sp³-hybridized carbons (Fsp3) is 0.208. The van der Waals surface area contributed by atoms with Gasteiger partial charge in [0.15, 0.2) is 0 Å². The average Bonchev–Trinajstić information content (AvgIpc) is 3.59. The molecule has 0 spiro atoms. The molecule has 1 fully saturated rings. The number of alkyl halides is 3. The van der Waals surface area contributed by atoms with Gasteiger partial charge in [-0.1, -0.05) is 18.2 Å². The van der Waals surface area contributed by atoms with E-state index in [0.717, 1.165) is 17.7 Å². The number of ether oxygens (including phenoxy) is 1. The van der Waals surface area contributed by atoms with Crippen LogP contribution in [0.25, 0.3) is 0 Å². The Morgan fingerprint density at radius 3 is 2.38 bits per heavy atom. The molecule has 34 heavy (non-hydrogen) atoms. The summed E-state index contributed by atoms with van der Waals surface area (Å²) in [4.78, 5) is 28.2. The number of rotatable bonds is 6. The second kappa shape index (κ2) is 9.05. The van der Waals surface area contributed by atoms with E-state index in [2.05, 4.69) is 20.9 Å². The summed E-state index contributed by atoms with van der Waals surface area (Å²) in [5.41, 5.74) is -0.295. The summed E-state index contributed by atoms with van der Waals surface area (Å²) in [6, 6.07) is 14.1. The predicted molar refractivity (Wildman–Crippen MR) is 119 cm³/mol. The van der Waals surface area contributed by atoms with E-state index in [-0.39, 0.29) is 17.3 Å². The topological polar surface area (TPSA) is 92.4 Å². The van der Waals surface area contributed by atoms with Gasteiger partial charge in [0, 0.05) is 25.0 Å². The zero-order valence-electron chi connectivity index (χ0n) is 18.1. The number of nitrogens with zero attached hydrogens (tertiary/aromatic N) is 1. The van der Waals surface area contributed by atoms with Crippen molar-refractivity contribution in [1.82, 2.24) is 15.6 Å². The van der Waals surface area contributed by atoms with Gasteiger partial charge in [-0.3, -0.25) is 9.78 Å². The standard InChI is InChI=1S/C24H21F3N4O3/c1-28-21(32)20-14-19(9-12-29-20)34-18-7-5-15(6-8-18)23(10-11-23)31-22(33)30-17-4-2-3-16(13-17)24(25,26)27/h2-9,12-14H,10-11H2,1H3,(H,28,32)(H2,30,31,33). The van der Waals surface area contributed by atoms with E-state index in [1.165, 1.54) is 31.4 Å². The first-order chi connectivity index (χ1) is 16.2. The van der Waals surface area contributed by atoms with E-state index < -0.39 is 23.3 Å².